The third-order valence-corrected chi connectivity index (χ3v) is 2.45. The lowest BCUT2D eigenvalue weighted by atomic mass is 10.1. The second-order valence-electron chi connectivity index (χ2n) is 3.62. The van der Waals surface area contributed by atoms with Crippen molar-refractivity contribution in [3.63, 3.8) is 0 Å². The van der Waals surface area contributed by atoms with Crippen LogP contribution in [0.5, 0.6) is 11.5 Å². The molecule has 4 heteroatoms. The molecule has 1 unspecified atom stereocenters. The van der Waals surface area contributed by atoms with Crippen LogP contribution in [0.3, 0.4) is 0 Å². The summed E-state index contributed by atoms with van der Waals surface area (Å²) in [7, 11) is 0. The first-order valence-electron chi connectivity index (χ1n) is 5.27. The van der Waals surface area contributed by atoms with E-state index in [2.05, 4.69) is 0 Å². The second kappa shape index (κ2) is 4.43. The summed E-state index contributed by atoms with van der Waals surface area (Å²) in [6.07, 6.45) is 0.520. The van der Waals surface area contributed by atoms with E-state index in [4.69, 9.17) is 14.2 Å². The van der Waals surface area contributed by atoms with Crippen molar-refractivity contribution in [2.45, 2.75) is 26.4 Å². The molecule has 1 aromatic rings. The van der Waals surface area contributed by atoms with Crippen LogP contribution in [0, 0.1) is 0 Å². The smallest absolute Gasteiger partial charge is 0.303 e. The average molecular weight is 222 g/mol. The Morgan fingerprint density at radius 2 is 2.19 bits per heavy atom. The zero-order valence-electron chi connectivity index (χ0n) is 9.36. The lowest BCUT2D eigenvalue weighted by Crippen LogP contribution is -2.07. The van der Waals surface area contributed by atoms with Crippen LogP contribution < -0.4 is 9.47 Å². The van der Waals surface area contributed by atoms with Gasteiger partial charge >= 0.3 is 5.97 Å². The standard InChI is InChI=1S/C12H14O4/c1-3-10(16-8(2)13)9-4-5-11-12(6-9)15-7-14-11/h4-6,10H,3,7H2,1-2H3. The summed E-state index contributed by atoms with van der Waals surface area (Å²) >= 11 is 0. The van der Waals surface area contributed by atoms with Crippen molar-refractivity contribution >= 4 is 5.97 Å². The van der Waals surface area contributed by atoms with E-state index in [1.807, 2.05) is 25.1 Å². The number of carbonyl (C=O) groups is 1. The maximum Gasteiger partial charge on any atom is 0.303 e. The number of hydrogen-bond acceptors (Lipinski definition) is 4. The molecule has 1 atom stereocenters. The van der Waals surface area contributed by atoms with E-state index in [0.717, 1.165) is 17.7 Å². The molecule has 0 N–H and O–H groups in total. The molecule has 0 radical (unpaired) electrons. The molecule has 1 aliphatic rings. The van der Waals surface area contributed by atoms with E-state index in [-0.39, 0.29) is 18.9 Å². The summed E-state index contributed by atoms with van der Waals surface area (Å²) < 4.78 is 15.7. The van der Waals surface area contributed by atoms with Gasteiger partial charge in [-0.1, -0.05) is 13.0 Å². The highest BCUT2D eigenvalue weighted by Gasteiger charge is 2.18. The molecule has 1 heterocycles. The molecular formula is C12H14O4. The molecule has 86 valence electrons. The second-order valence-corrected chi connectivity index (χ2v) is 3.62. The Labute approximate surface area is 94.1 Å². The maximum atomic E-state index is 10.9. The Morgan fingerprint density at radius 3 is 2.88 bits per heavy atom. The average Bonchev–Trinajstić information content (AvgIpc) is 2.72. The van der Waals surface area contributed by atoms with Crippen molar-refractivity contribution in [3.8, 4) is 11.5 Å². The molecule has 1 aromatic carbocycles. The van der Waals surface area contributed by atoms with E-state index < -0.39 is 0 Å². The zero-order chi connectivity index (χ0) is 11.5. The largest absolute Gasteiger partial charge is 0.458 e. The van der Waals surface area contributed by atoms with Gasteiger partial charge in [-0.05, 0) is 24.1 Å². The Bertz CT molecular complexity index is 400. The predicted octanol–water partition coefficient (Wildman–Crippen LogP) is 2.43. The lowest BCUT2D eigenvalue weighted by molar-refractivity contribution is -0.146. The minimum Gasteiger partial charge on any atom is -0.458 e. The van der Waals surface area contributed by atoms with Gasteiger partial charge in [-0.15, -0.1) is 0 Å². The summed E-state index contributed by atoms with van der Waals surface area (Å²) in [5, 5.41) is 0. The lowest BCUT2D eigenvalue weighted by Gasteiger charge is -2.15. The number of esters is 1. The molecule has 16 heavy (non-hydrogen) atoms. The predicted molar refractivity (Wildman–Crippen MR) is 57.4 cm³/mol. The van der Waals surface area contributed by atoms with E-state index in [1.165, 1.54) is 6.92 Å². The van der Waals surface area contributed by atoms with Crippen LogP contribution in [-0.4, -0.2) is 12.8 Å². The summed E-state index contributed by atoms with van der Waals surface area (Å²) in [5.74, 6) is 1.18. The zero-order valence-corrected chi connectivity index (χ0v) is 9.36. The summed E-state index contributed by atoms with van der Waals surface area (Å²) in [6.45, 7) is 3.64. The quantitative estimate of drug-likeness (QED) is 0.737. The van der Waals surface area contributed by atoms with Gasteiger partial charge in [0.05, 0.1) is 0 Å². The van der Waals surface area contributed by atoms with Gasteiger partial charge in [0.2, 0.25) is 6.79 Å². The van der Waals surface area contributed by atoms with Crippen LogP contribution in [0.1, 0.15) is 31.9 Å². The molecular weight excluding hydrogens is 208 g/mol. The van der Waals surface area contributed by atoms with Gasteiger partial charge in [0.15, 0.2) is 11.5 Å². The fraction of sp³-hybridized carbons (Fsp3) is 0.417. The first kappa shape index (κ1) is 10.8. The number of ether oxygens (including phenoxy) is 3. The van der Waals surface area contributed by atoms with Crippen molar-refractivity contribution in [1.29, 1.82) is 0 Å². The molecule has 0 bridgehead atoms. The molecule has 1 aliphatic heterocycles. The molecule has 0 fully saturated rings. The number of hydrogen-bond donors (Lipinski definition) is 0. The van der Waals surface area contributed by atoms with Crippen molar-refractivity contribution in [2.75, 3.05) is 6.79 Å². The normalized spacial score (nSPS) is 14.6. The molecule has 4 nitrogen and oxygen atoms in total. The monoisotopic (exact) mass is 222 g/mol. The number of benzene rings is 1. The molecule has 0 aliphatic carbocycles. The first-order valence-corrected chi connectivity index (χ1v) is 5.27. The Kier molecular flexibility index (Phi) is 2.99. The van der Waals surface area contributed by atoms with E-state index in [0.29, 0.717) is 5.75 Å². The highest BCUT2D eigenvalue weighted by molar-refractivity contribution is 5.66. The van der Waals surface area contributed by atoms with Gasteiger partial charge in [0, 0.05) is 6.92 Å². The van der Waals surface area contributed by atoms with Crippen LogP contribution in [-0.2, 0) is 9.53 Å². The molecule has 2 rings (SSSR count). The van der Waals surface area contributed by atoms with E-state index in [9.17, 15) is 4.79 Å². The Morgan fingerprint density at radius 1 is 1.44 bits per heavy atom. The third kappa shape index (κ3) is 2.10. The van der Waals surface area contributed by atoms with Crippen LogP contribution >= 0.6 is 0 Å². The number of rotatable bonds is 3. The Hall–Kier alpha value is -1.71. The highest BCUT2D eigenvalue weighted by atomic mass is 16.7. The van der Waals surface area contributed by atoms with Gasteiger partial charge in [0.25, 0.3) is 0 Å². The minimum atomic E-state index is -0.274. The molecule has 0 saturated heterocycles. The van der Waals surface area contributed by atoms with E-state index >= 15 is 0 Å². The van der Waals surface area contributed by atoms with Gasteiger partial charge in [-0.3, -0.25) is 4.79 Å². The number of fused-ring (bicyclic) bond motifs is 1. The fourth-order valence-electron chi connectivity index (χ4n) is 1.70. The number of carbonyl (C=O) groups excluding carboxylic acids is 1. The van der Waals surface area contributed by atoms with Gasteiger partial charge in [0.1, 0.15) is 6.10 Å². The summed E-state index contributed by atoms with van der Waals surface area (Å²) in [5.41, 5.74) is 0.932. The van der Waals surface area contributed by atoms with Gasteiger partial charge in [-0.25, -0.2) is 0 Å². The van der Waals surface area contributed by atoms with Crippen LogP contribution in [0.25, 0.3) is 0 Å². The maximum absolute atomic E-state index is 10.9. The van der Waals surface area contributed by atoms with Crippen molar-refractivity contribution < 1.29 is 19.0 Å². The first-order chi connectivity index (χ1) is 7.70. The van der Waals surface area contributed by atoms with Crippen LogP contribution in [0.15, 0.2) is 18.2 Å². The Balaban J connectivity index is 2.21. The minimum absolute atomic E-state index is 0.216. The SMILES string of the molecule is CCC(OC(C)=O)c1ccc2c(c1)OCO2. The molecule has 0 aromatic heterocycles. The third-order valence-electron chi connectivity index (χ3n) is 2.45. The van der Waals surface area contributed by atoms with Gasteiger partial charge in [-0.2, -0.15) is 0 Å². The van der Waals surface area contributed by atoms with Crippen LogP contribution in [0.2, 0.25) is 0 Å². The highest BCUT2D eigenvalue weighted by Crippen LogP contribution is 2.35. The van der Waals surface area contributed by atoms with Crippen molar-refractivity contribution in [2.24, 2.45) is 0 Å². The summed E-state index contributed by atoms with van der Waals surface area (Å²) in [6, 6.07) is 5.59. The van der Waals surface area contributed by atoms with Crippen LogP contribution in [0.4, 0.5) is 0 Å². The van der Waals surface area contributed by atoms with Crippen molar-refractivity contribution in [3.05, 3.63) is 23.8 Å². The summed E-state index contributed by atoms with van der Waals surface area (Å²) in [4.78, 5) is 10.9. The van der Waals surface area contributed by atoms with Crippen molar-refractivity contribution in [1.82, 2.24) is 0 Å². The van der Waals surface area contributed by atoms with E-state index in [1.54, 1.807) is 0 Å². The molecule has 0 saturated carbocycles. The topological polar surface area (TPSA) is 44.8 Å². The molecule has 0 amide bonds. The van der Waals surface area contributed by atoms with Gasteiger partial charge < -0.3 is 14.2 Å². The molecule has 0 spiro atoms. The fourth-order valence-corrected chi connectivity index (χ4v) is 1.70.